The summed E-state index contributed by atoms with van der Waals surface area (Å²) in [6.07, 6.45) is 0. The summed E-state index contributed by atoms with van der Waals surface area (Å²) in [7, 11) is 0. The second-order valence-electron chi connectivity index (χ2n) is 3.84. The Morgan fingerprint density at radius 1 is 1.05 bits per heavy atom. The Balaban J connectivity index is 2.34. The maximum Gasteiger partial charge on any atom is 0.338 e. The van der Waals surface area contributed by atoms with Crippen molar-refractivity contribution in [2.75, 3.05) is 11.1 Å². The van der Waals surface area contributed by atoms with Crippen molar-refractivity contribution < 1.29 is 18.7 Å². The van der Waals surface area contributed by atoms with Crippen molar-refractivity contribution >= 4 is 23.0 Å². The third-order valence-electron chi connectivity index (χ3n) is 2.50. The van der Waals surface area contributed by atoms with E-state index >= 15 is 0 Å². The summed E-state index contributed by atoms with van der Waals surface area (Å²) in [6, 6.07) is 8.55. The number of carbonyl (C=O) groups is 1. The molecule has 0 fully saturated rings. The number of carboxylic acids is 1. The first kappa shape index (κ1) is 12.8. The Kier molecular flexibility index (Phi) is 3.33. The predicted molar refractivity (Wildman–Crippen MR) is 67.5 cm³/mol. The second kappa shape index (κ2) is 4.93. The zero-order chi connectivity index (χ0) is 14.0. The number of hydrogen-bond acceptors (Lipinski definition) is 3. The molecule has 6 heteroatoms. The topological polar surface area (TPSA) is 75.3 Å². The lowest BCUT2D eigenvalue weighted by Crippen LogP contribution is -2.05. The quantitative estimate of drug-likeness (QED) is 0.745. The van der Waals surface area contributed by atoms with Gasteiger partial charge in [-0.15, -0.1) is 0 Å². The van der Waals surface area contributed by atoms with E-state index in [9.17, 15) is 13.6 Å². The average molecular weight is 264 g/mol. The maximum absolute atomic E-state index is 13.7. The third-order valence-corrected chi connectivity index (χ3v) is 2.50. The number of benzene rings is 2. The molecule has 0 unspecified atom stereocenters. The molecule has 0 saturated carbocycles. The Morgan fingerprint density at radius 2 is 1.68 bits per heavy atom. The monoisotopic (exact) mass is 264 g/mol. The van der Waals surface area contributed by atoms with Crippen LogP contribution >= 0.6 is 0 Å². The van der Waals surface area contributed by atoms with Crippen LogP contribution in [0.5, 0.6) is 0 Å². The van der Waals surface area contributed by atoms with Gasteiger partial charge in [-0.2, -0.15) is 0 Å². The van der Waals surface area contributed by atoms with Gasteiger partial charge in [-0.1, -0.05) is 0 Å². The van der Waals surface area contributed by atoms with E-state index in [0.29, 0.717) is 11.4 Å². The molecule has 0 aliphatic rings. The fraction of sp³-hybridized carbons (Fsp3) is 0. The first-order valence-corrected chi connectivity index (χ1v) is 5.33. The number of nitrogens with two attached hydrogens (primary N) is 1. The van der Waals surface area contributed by atoms with Crippen molar-refractivity contribution in [3.63, 3.8) is 0 Å². The van der Waals surface area contributed by atoms with E-state index in [4.69, 9.17) is 10.8 Å². The molecule has 0 bridgehead atoms. The van der Waals surface area contributed by atoms with Gasteiger partial charge >= 0.3 is 5.97 Å². The largest absolute Gasteiger partial charge is 0.478 e. The van der Waals surface area contributed by atoms with Crippen molar-refractivity contribution in [1.82, 2.24) is 0 Å². The third kappa shape index (κ3) is 2.62. The van der Waals surface area contributed by atoms with Gasteiger partial charge in [0.15, 0.2) is 11.6 Å². The van der Waals surface area contributed by atoms with Crippen molar-refractivity contribution in [2.24, 2.45) is 0 Å². The van der Waals surface area contributed by atoms with Crippen LogP contribution in [0.1, 0.15) is 10.4 Å². The smallest absolute Gasteiger partial charge is 0.338 e. The molecule has 19 heavy (non-hydrogen) atoms. The molecule has 0 aliphatic heterocycles. The van der Waals surface area contributed by atoms with Crippen LogP contribution in [0.15, 0.2) is 36.4 Å². The molecule has 2 aromatic rings. The molecule has 0 atom stereocenters. The van der Waals surface area contributed by atoms with E-state index in [1.807, 2.05) is 0 Å². The highest BCUT2D eigenvalue weighted by atomic mass is 19.2. The highest BCUT2D eigenvalue weighted by molar-refractivity contribution is 5.88. The highest BCUT2D eigenvalue weighted by Crippen LogP contribution is 2.24. The second-order valence-corrected chi connectivity index (χ2v) is 3.84. The Bertz CT molecular complexity index is 627. The summed E-state index contributed by atoms with van der Waals surface area (Å²) in [4.78, 5) is 10.6. The Hall–Kier alpha value is -2.63. The van der Waals surface area contributed by atoms with Gasteiger partial charge in [0.05, 0.1) is 11.3 Å². The Labute approximate surface area is 107 Å². The van der Waals surface area contributed by atoms with Crippen LogP contribution in [0.2, 0.25) is 0 Å². The fourth-order valence-electron chi connectivity index (χ4n) is 1.53. The van der Waals surface area contributed by atoms with Crippen LogP contribution < -0.4 is 11.1 Å². The summed E-state index contributed by atoms with van der Waals surface area (Å²) in [5, 5.41) is 11.3. The van der Waals surface area contributed by atoms with Gasteiger partial charge in [0.25, 0.3) is 0 Å². The van der Waals surface area contributed by atoms with Gasteiger partial charge < -0.3 is 16.2 Å². The minimum Gasteiger partial charge on any atom is -0.478 e. The highest BCUT2D eigenvalue weighted by Gasteiger charge is 2.17. The van der Waals surface area contributed by atoms with Crippen molar-refractivity contribution in [1.29, 1.82) is 0 Å². The molecule has 2 aromatic carbocycles. The van der Waals surface area contributed by atoms with E-state index in [1.54, 1.807) is 24.3 Å². The molecule has 0 aromatic heterocycles. The van der Waals surface area contributed by atoms with Crippen LogP contribution in [0.4, 0.5) is 25.8 Å². The molecule has 0 aliphatic carbocycles. The number of nitrogen functional groups attached to an aromatic ring is 1. The Morgan fingerprint density at radius 3 is 2.26 bits per heavy atom. The van der Waals surface area contributed by atoms with Gasteiger partial charge in [-0.05, 0) is 36.4 Å². The van der Waals surface area contributed by atoms with Crippen molar-refractivity contribution in [2.45, 2.75) is 0 Å². The molecule has 2 rings (SSSR count). The molecule has 0 amide bonds. The van der Waals surface area contributed by atoms with E-state index in [0.717, 1.165) is 12.1 Å². The normalized spacial score (nSPS) is 10.2. The van der Waals surface area contributed by atoms with Gasteiger partial charge in [-0.25, -0.2) is 13.6 Å². The molecule has 0 radical (unpaired) electrons. The van der Waals surface area contributed by atoms with Gasteiger partial charge in [-0.3, -0.25) is 0 Å². The van der Waals surface area contributed by atoms with Gasteiger partial charge in [0, 0.05) is 11.4 Å². The summed E-state index contributed by atoms with van der Waals surface area (Å²) in [5.74, 6) is -4.15. The van der Waals surface area contributed by atoms with Crippen molar-refractivity contribution in [3.05, 3.63) is 53.6 Å². The summed E-state index contributed by atoms with van der Waals surface area (Å²) in [6.45, 7) is 0. The number of carboxylic acid groups (broad SMARTS) is 1. The minimum atomic E-state index is -1.52. The summed E-state index contributed by atoms with van der Waals surface area (Å²) < 4.78 is 27.1. The summed E-state index contributed by atoms with van der Waals surface area (Å²) in [5.41, 5.74) is 5.70. The number of aromatic carboxylic acids is 1. The minimum absolute atomic E-state index is 0.146. The lowest BCUT2D eigenvalue weighted by Gasteiger charge is -2.09. The average Bonchev–Trinajstić information content (AvgIpc) is 2.37. The molecular formula is C13H10F2N2O2. The molecular weight excluding hydrogens is 254 g/mol. The SMILES string of the molecule is Nc1ccc(Nc2ccc(C(=O)O)c(F)c2F)cc1. The van der Waals surface area contributed by atoms with E-state index in [2.05, 4.69) is 5.32 Å². The molecule has 4 N–H and O–H groups in total. The van der Waals surface area contributed by atoms with E-state index in [1.165, 1.54) is 0 Å². The number of halogens is 2. The predicted octanol–water partition coefficient (Wildman–Crippen LogP) is 2.99. The van der Waals surface area contributed by atoms with E-state index < -0.39 is 23.2 Å². The molecule has 98 valence electrons. The van der Waals surface area contributed by atoms with Gasteiger partial charge in [0.2, 0.25) is 0 Å². The lowest BCUT2D eigenvalue weighted by molar-refractivity contribution is 0.0690. The molecule has 0 spiro atoms. The standard InChI is InChI=1S/C13H10F2N2O2/c14-11-9(13(18)19)5-6-10(12(11)15)17-8-3-1-7(16)2-4-8/h1-6,17H,16H2,(H,18,19). The van der Waals surface area contributed by atoms with E-state index in [-0.39, 0.29) is 5.69 Å². The molecule has 0 heterocycles. The first-order chi connectivity index (χ1) is 8.99. The van der Waals surface area contributed by atoms with Crippen LogP contribution in [0.25, 0.3) is 0 Å². The number of hydrogen-bond donors (Lipinski definition) is 3. The molecule has 4 nitrogen and oxygen atoms in total. The number of rotatable bonds is 3. The number of anilines is 3. The zero-order valence-corrected chi connectivity index (χ0v) is 9.65. The van der Waals surface area contributed by atoms with Crippen molar-refractivity contribution in [3.8, 4) is 0 Å². The maximum atomic E-state index is 13.7. The van der Waals surface area contributed by atoms with Crippen LogP contribution in [-0.4, -0.2) is 11.1 Å². The van der Waals surface area contributed by atoms with Crippen LogP contribution in [-0.2, 0) is 0 Å². The van der Waals surface area contributed by atoms with Crippen LogP contribution in [0.3, 0.4) is 0 Å². The molecule has 0 saturated heterocycles. The fourth-order valence-corrected chi connectivity index (χ4v) is 1.53. The zero-order valence-electron chi connectivity index (χ0n) is 9.65. The first-order valence-electron chi connectivity index (χ1n) is 5.33. The number of nitrogens with one attached hydrogen (secondary N) is 1. The van der Waals surface area contributed by atoms with Crippen LogP contribution in [0, 0.1) is 11.6 Å². The summed E-state index contributed by atoms with van der Waals surface area (Å²) >= 11 is 0. The van der Waals surface area contributed by atoms with Gasteiger partial charge in [0.1, 0.15) is 0 Å². The lowest BCUT2D eigenvalue weighted by atomic mass is 10.1.